The maximum atomic E-state index is 12.1. The van der Waals surface area contributed by atoms with E-state index in [0.717, 1.165) is 11.3 Å². The number of benzene rings is 1. The van der Waals surface area contributed by atoms with Gasteiger partial charge in [0.1, 0.15) is 12.4 Å². The van der Waals surface area contributed by atoms with Crippen LogP contribution in [0.1, 0.15) is 12.5 Å². The molecule has 1 N–H and O–H groups in total. The summed E-state index contributed by atoms with van der Waals surface area (Å²) in [4.78, 5) is 13.9. The van der Waals surface area contributed by atoms with Gasteiger partial charge in [0.15, 0.2) is 0 Å². The number of amides is 2. The quantitative estimate of drug-likeness (QED) is 0.846. The zero-order valence-corrected chi connectivity index (χ0v) is 12.4. The van der Waals surface area contributed by atoms with Gasteiger partial charge in [0, 0.05) is 25.2 Å². The van der Waals surface area contributed by atoms with Crippen LogP contribution in [0.15, 0.2) is 36.9 Å². The lowest BCUT2D eigenvalue weighted by molar-refractivity contribution is -0.00352. The Morgan fingerprint density at radius 3 is 3.14 bits per heavy atom. The van der Waals surface area contributed by atoms with Crippen molar-refractivity contribution in [1.29, 1.82) is 0 Å². The first kappa shape index (κ1) is 15.4. The van der Waals surface area contributed by atoms with Gasteiger partial charge >= 0.3 is 6.03 Å². The van der Waals surface area contributed by atoms with Crippen molar-refractivity contribution in [2.75, 3.05) is 26.3 Å². The molecule has 114 valence electrons. The summed E-state index contributed by atoms with van der Waals surface area (Å²) in [7, 11) is 0. The molecule has 1 atom stereocenters. The van der Waals surface area contributed by atoms with Gasteiger partial charge in [0.05, 0.1) is 12.7 Å². The molecule has 1 fully saturated rings. The summed E-state index contributed by atoms with van der Waals surface area (Å²) < 4.78 is 11.0. The molecule has 5 heteroatoms. The van der Waals surface area contributed by atoms with E-state index in [1.807, 2.05) is 31.2 Å². The molecule has 1 saturated heterocycles. The van der Waals surface area contributed by atoms with Gasteiger partial charge in [-0.15, -0.1) is 0 Å². The third kappa shape index (κ3) is 4.49. The van der Waals surface area contributed by atoms with Gasteiger partial charge in [0.25, 0.3) is 0 Å². The first-order valence-electron chi connectivity index (χ1n) is 7.16. The Morgan fingerprint density at radius 1 is 1.57 bits per heavy atom. The maximum absolute atomic E-state index is 12.1. The van der Waals surface area contributed by atoms with E-state index in [1.54, 1.807) is 11.0 Å². The second-order valence-electron chi connectivity index (χ2n) is 4.99. The predicted octanol–water partition coefficient (Wildman–Crippen LogP) is 2.18. The van der Waals surface area contributed by atoms with Gasteiger partial charge in [-0.2, -0.15) is 0 Å². The zero-order valence-electron chi connectivity index (χ0n) is 12.4. The van der Waals surface area contributed by atoms with Crippen LogP contribution in [0.4, 0.5) is 4.79 Å². The van der Waals surface area contributed by atoms with Gasteiger partial charge in [-0.05, 0) is 13.0 Å². The normalized spacial score (nSPS) is 18.1. The minimum absolute atomic E-state index is 0.0660. The fraction of sp³-hybridized carbons (Fsp3) is 0.438. The smallest absolute Gasteiger partial charge is 0.317 e. The van der Waals surface area contributed by atoms with E-state index in [4.69, 9.17) is 9.47 Å². The minimum Gasteiger partial charge on any atom is -0.489 e. The summed E-state index contributed by atoms with van der Waals surface area (Å²) in [6, 6.07) is 7.61. The highest BCUT2D eigenvalue weighted by atomic mass is 16.5. The molecule has 1 aromatic rings. The van der Waals surface area contributed by atoms with Crippen LogP contribution < -0.4 is 10.1 Å². The number of hydrogen-bond donors (Lipinski definition) is 1. The van der Waals surface area contributed by atoms with Crippen molar-refractivity contribution in [2.24, 2.45) is 0 Å². The Bertz CT molecular complexity index is 490. The highest BCUT2D eigenvalue weighted by Gasteiger charge is 2.21. The lowest BCUT2D eigenvalue weighted by Crippen LogP contribution is -2.48. The third-order valence-corrected chi connectivity index (χ3v) is 3.29. The standard InChI is InChI=1S/C16H22N2O3/c1-3-9-21-15-7-5-4-6-14(15)11-17-16(19)18-8-10-20-13(2)12-18/h3-7,13H,1,8-12H2,2H3,(H,17,19)/t13-/m0/s1. The van der Waals surface area contributed by atoms with Crippen LogP contribution in [0.5, 0.6) is 5.75 Å². The van der Waals surface area contributed by atoms with Crippen molar-refractivity contribution in [3.63, 3.8) is 0 Å². The molecule has 5 nitrogen and oxygen atoms in total. The van der Waals surface area contributed by atoms with E-state index in [2.05, 4.69) is 11.9 Å². The van der Waals surface area contributed by atoms with Gasteiger partial charge in [0.2, 0.25) is 0 Å². The van der Waals surface area contributed by atoms with Crippen molar-refractivity contribution >= 4 is 6.03 Å². The van der Waals surface area contributed by atoms with Crippen LogP contribution >= 0.6 is 0 Å². The number of carbonyl (C=O) groups is 1. The summed E-state index contributed by atoms with van der Waals surface area (Å²) in [5.74, 6) is 0.771. The van der Waals surface area contributed by atoms with Gasteiger partial charge in [-0.3, -0.25) is 0 Å². The molecule has 0 aromatic heterocycles. The number of para-hydroxylation sites is 1. The highest BCUT2D eigenvalue weighted by molar-refractivity contribution is 5.74. The van der Waals surface area contributed by atoms with E-state index in [-0.39, 0.29) is 12.1 Å². The Balaban J connectivity index is 1.90. The molecule has 0 saturated carbocycles. The molecule has 1 aromatic carbocycles. The number of morpholine rings is 1. The largest absolute Gasteiger partial charge is 0.489 e. The molecule has 2 rings (SSSR count). The van der Waals surface area contributed by atoms with Crippen LogP contribution in [0.3, 0.4) is 0 Å². The topological polar surface area (TPSA) is 50.8 Å². The maximum Gasteiger partial charge on any atom is 0.317 e. The molecule has 0 spiro atoms. The van der Waals surface area contributed by atoms with Crippen LogP contribution in [0.25, 0.3) is 0 Å². The molecule has 0 unspecified atom stereocenters. The molecule has 1 heterocycles. The van der Waals surface area contributed by atoms with Gasteiger partial charge in [-0.1, -0.05) is 30.9 Å². The summed E-state index contributed by atoms with van der Waals surface area (Å²) in [5, 5.41) is 2.93. The summed E-state index contributed by atoms with van der Waals surface area (Å²) >= 11 is 0. The lowest BCUT2D eigenvalue weighted by atomic mass is 10.2. The first-order chi connectivity index (χ1) is 10.2. The van der Waals surface area contributed by atoms with E-state index in [0.29, 0.717) is 32.8 Å². The number of ether oxygens (including phenoxy) is 2. The minimum atomic E-state index is -0.0660. The van der Waals surface area contributed by atoms with Crippen LogP contribution in [-0.2, 0) is 11.3 Å². The summed E-state index contributed by atoms with van der Waals surface area (Å²) in [6.45, 7) is 8.34. The zero-order chi connectivity index (χ0) is 15.1. The predicted molar refractivity (Wildman–Crippen MR) is 81.4 cm³/mol. The summed E-state index contributed by atoms with van der Waals surface area (Å²) in [6.07, 6.45) is 1.79. The van der Waals surface area contributed by atoms with E-state index >= 15 is 0 Å². The van der Waals surface area contributed by atoms with Crippen LogP contribution in [0.2, 0.25) is 0 Å². The van der Waals surface area contributed by atoms with Gasteiger partial charge < -0.3 is 19.7 Å². The van der Waals surface area contributed by atoms with Crippen LogP contribution in [-0.4, -0.2) is 43.3 Å². The molecular formula is C16H22N2O3. The van der Waals surface area contributed by atoms with Crippen molar-refractivity contribution in [1.82, 2.24) is 10.2 Å². The molecule has 1 aliphatic heterocycles. The highest BCUT2D eigenvalue weighted by Crippen LogP contribution is 2.17. The van der Waals surface area contributed by atoms with Crippen molar-refractivity contribution in [2.45, 2.75) is 19.6 Å². The number of urea groups is 1. The molecule has 0 radical (unpaired) electrons. The molecule has 0 bridgehead atoms. The van der Waals surface area contributed by atoms with Crippen molar-refractivity contribution in [3.8, 4) is 5.75 Å². The molecule has 0 aliphatic carbocycles. The van der Waals surface area contributed by atoms with Crippen molar-refractivity contribution in [3.05, 3.63) is 42.5 Å². The Labute approximate surface area is 125 Å². The average Bonchev–Trinajstić information content (AvgIpc) is 2.51. The molecule has 21 heavy (non-hydrogen) atoms. The number of nitrogens with one attached hydrogen (secondary N) is 1. The number of nitrogens with zero attached hydrogens (tertiary/aromatic N) is 1. The van der Waals surface area contributed by atoms with E-state index < -0.39 is 0 Å². The lowest BCUT2D eigenvalue weighted by Gasteiger charge is -2.31. The fourth-order valence-electron chi connectivity index (χ4n) is 2.22. The summed E-state index contributed by atoms with van der Waals surface area (Å²) in [5.41, 5.74) is 0.953. The number of rotatable bonds is 5. The number of carbonyl (C=O) groups excluding carboxylic acids is 1. The molecule has 2 amide bonds. The van der Waals surface area contributed by atoms with Gasteiger partial charge in [-0.25, -0.2) is 4.79 Å². The van der Waals surface area contributed by atoms with E-state index in [1.165, 1.54) is 0 Å². The first-order valence-corrected chi connectivity index (χ1v) is 7.16. The fourth-order valence-corrected chi connectivity index (χ4v) is 2.22. The number of hydrogen-bond acceptors (Lipinski definition) is 3. The Kier molecular flexibility index (Phi) is 5.63. The van der Waals surface area contributed by atoms with Crippen LogP contribution in [0, 0.1) is 0 Å². The molecular weight excluding hydrogens is 268 g/mol. The Hall–Kier alpha value is -2.01. The second kappa shape index (κ2) is 7.69. The van der Waals surface area contributed by atoms with Crippen molar-refractivity contribution < 1.29 is 14.3 Å². The second-order valence-corrected chi connectivity index (χ2v) is 4.99. The SMILES string of the molecule is C=CCOc1ccccc1CNC(=O)N1CCO[C@@H](C)C1. The third-order valence-electron chi connectivity index (χ3n) is 3.29. The Morgan fingerprint density at radius 2 is 2.38 bits per heavy atom. The molecule has 1 aliphatic rings. The average molecular weight is 290 g/mol. The monoisotopic (exact) mass is 290 g/mol. The van der Waals surface area contributed by atoms with E-state index in [9.17, 15) is 4.79 Å².